The fraction of sp³-hybridized carbons (Fsp3) is 0.156. The van der Waals surface area contributed by atoms with Gasteiger partial charge < -0.3 is 10.6 Å². The predicted octanol–water partition coefficient (Wildman–Crippen LogP) is 5.95. The van der Waals surface area contributed by atoms with Gasteiger partial charge in [0.15, 0.2) is 0 Å². The number of anilines is 3. The van der Waals surface area contributed by atoms with E-state index >= 15 is 0 Å². The average molecular weight is 521 g/mol. The third-order valence-electron chi connectivity index (χ3n) is 6.49. The molecule has 4 aromatic rings. The van der Waals surface area contributed by atoms with Gasteiger partial charge in [0.1, 0.15) is 6.04 Å². The summed E-state index contributed by atoms with van der Waals surface area (Å²) in [5.74, 6) is -1.29. The molecular formula is C32H32N4O3. The molecule has 39 heavy (non-hydrogen) atoms. The van der Waals surface area contributed by atoms with Crippen molar-refractivity contribution in [2.45, 2.75) is 26.3 Å². The number of nitrogens with zero attached hydrogens (tertiary/aromatic N) is 1. The molecule has 2 unspecified atom stereocenters. The van der Waals surface area contributed by atoms with Gasteiger partial charge in [-0.2, -0.15) is 0 Å². The number of para-hydroxylation sites is 3. The first-order valence-corrected chi connectivity index (χ1v) is 12.9. The van der Waals surface area contributed by atoms with Crippen molar-refractivity contribution in [2.75, 3.05) is 10.3 Å². The van der Waals surface area contributed by atoms with Gasteiger partial charge >= 0.3 is 0 Å². The molecule has 0 saturated heterocycles. The van der Waals surface area contributed by atoms with Crippen LogP contribution in [0.15, 0.2) is 115 Å². The number of carbonyl (C=O) groups is 3. The lowest BCUT2D eigenvalue weighted by Crippen LogP contribution is -2.54. The number of hydrazine groups is 1. The molecule has 0 aliphatic heterocycles. The Morgan fingerprint density at radius 1 is 0.692 bits per heavy atom. The molecule has 4 rings (SSSR count). The summed E-state index contributed by atoms with van der Waals surface area (Å²) in [4.78, 5) is 39.9. The van der Waals surface area contributed by atoms with Crippen LogP contribution < -0.4 is 21.1 Å². The van der Waals surface area contributed by atoms with E-state index in [1.807, 2.05) is 80.6 Å². The molecule has 7 heteroatoms. The number of amides is 3. The number of nitrogens with one attached hydrogen (secondary N) is 3. The lowest BCUT2D eigenvalue weighted by atomic mass is 9.98. The second-order valence-corrected chi connectivity index (χ2v) is 9.18. The molecule has 4 aromatic carbocycles. The molecular weight excluding hydrogens is 488 g/mol. The van der Waals surface area contributed by atoms with Gasteiger partial charge in [-0.3, -0.25) is 24.8 Å². The van der Waals surface area contributed by atoms with Crippen LogP contribution in [0.2, 0.25) is 0 Å². The largest absolute Gasteiger partial charge is 0.340 e. The highest BCUT2D eigenvalue weighted by Gasteiger charge is 2.29. The Morgan fingerprint density at radius 3 is 1.77 bits per heavy atom. The van der Waals surface area contributed by atoms with Crippen molar-refractivity contribution in [3.8, 4) is 0 Å². The molecule has 0 heterocycles. The molecule has 0 aliphatic carbocycles. The van der Waals surface area contributed by atoms with Crippen LogP contribution in [0.3, 0.4) is 0 Å². The first-order chi connectivity index (χ1) is 19.0. The average Bonchev–Trinajstić information content (AvgIpc) is 2.99. The molecule has 3 amide bonds. The van der Waals surface area contributed by atoms with E-state index in [1.165, 1.54) is 0 Å². The fourth-order valence-electron chi connectivity index (χ4n) is 4.11. The Labute approximate surface area is 228 Å². The number of hydrogen-bond donors (Lipinski definition) is 3. The minimum atomic E-state index is -0.824. The summed E-state index contributed by atoms with van der Waals surface area (Å²) in [5, 5.41) is 7.44. The van der Waals surface area contributed by atoms with E-state index in [2.05, 4.69) is 16.1 Å². The number of rotatable bonds is 10. The van der Waals surface area contributed by atoms with Crippen molar-refractivity contribution in [1.29, 1.82) is 0 Å². The maximum atomic E-state index is 13.7. The molecule has 2 atom stereocenters. The third kappa shape index (κ3) is 6.90. The molecule has 7 nitrogen and oxygen atoms in total. The zero-order chi connectivity index (χ0) is 27.6. The third-order valence-corrected chi connectivity index (χ3v) is 6.49. The zero-order valence-corrected chi connectivity index (χ0v) is 22.0. The zero-order valence-electron chi connectivity index (χ0n) is 22.0. The second kappa shape index (κ2) is 13.1. The standard InChI is InChI=1S/C32H32N4O3/c1-3-23(2)29(32(39)35-36(25-17-9-5-10-18-25)26-19-11-6-12-20-26)34-31(38)27-21-13-14-22-28(27)33-30(37)24-15-7-4-8-16-24/h4-23,29H,3H2,1-2H3,(H,33,37)(H,34,38)(H,35,39). The summed E-state index contributed by atoms with van der Waals surface area (Å²) in [6.07, 6.45) is 0.668. The van der Waals surface area contributed by atoms with E-state index in [0.717, 1.165) is 11.4 Å². The van der Waals surface area contributed by atoms with Crippen LogP contribution in [0.5, 0.6) is 0 Å². The van der Waals surface area contributed by atoms with Crippen molar-refractivity contribution >= 4 is 34.8 Å². The highest BCUT2D eigenvalue weighted by Crippen LogP contribution is 2.23. The first kappa shape index (κ1) is 27.1. The first-order valence-electron chi connectivity index (χ1n) is 12.9. The van der Waals surface area contributed by atoms with E-state index in [0.29, 0.717) is 17.7 Å². The fourth-order valence-corrected chi connectivity index (χ4v) is 4.11. The normalized spacial score (nSPS) is 12.1. The van der Waals surface area contributed by atoms with Crippen LogP contribution in [0.25, 0.3) is 0 Å². The smallest absolute Gasteiger partial charge is 0.261 e. The highest BCUT2D eigenvalue weighted by molar-refractivity contribution is 6.09. The minimum absolute atomic E-state index is 0.159. The number of hydrogen-bond acceptors (Lipinski definition) is 4. The van der Waals surface area contributed by atoms with E-state index in [9.17, 15) is 14.4 Å². The van der Waals surface area contributed by atoms with Crippen molar-refractivity contribution in [2.24, 2.45) is 5.92 Å². The van der Waals surface area contributed by atoms with Gasteiger partial charge in [-0.05, 0) is 54.4 Å². The molecule has 3 N–H and O–H groups in total. The minimum Gasteiger partial charge on any atom is -0.340 e. The lowest BCUT2D eigenvalue weighted by molar-refractivity contribution is -0.124. The molecule has 0 aromatic heterocycles. The van der Waals surface area contributed by atoms with Gasteiger partial charge in [0.25, 0.3) is 17.7 Å². The Balaban J connectivity index is 1.56. The molecule has 0 bridgehead atoms. The maximum Gasteiger partial charge on any atom is 0.261 e. The summed E-state index contributed by atoms with van der Waals surface area (Å²) in [6, 6.07) is 33.7. The molecule has 198 valence electrons. The number of carbonyl (C=O) groups excluding carboxylic acids is 3. The van der Waals surface area contributed by atoms with Gasteiger partial charge in [-0.15, -0.1) is 0 Å². The predicted molar refractivity (Wildman–Crippen MR) is 155 cm³/mol. The Morgan fingerprint density at radius 2 is 1.21 bits per heavy atom. The Kier molecular flexibility index (Phi) is 9.08. The second-order valence-electron chi connectivity index (χ2n) is 9.18. The van der Waals surface area contributed by atoms with Gasteiger partial charge in [-0.1, -0.05) is 87.0 Å². The summed E-state index contributed by atoms with van der Waals surface area (Å²) >= 11 is 0. The van der Waals surface area contributed by atoms with Crippen LogP contribution in [0, 0.1) is 5.92 Å². The van der Waals surface area contributed by atoms with Gasteiger partial charge in [-0.25, -0.2) is 0 Å². The van der Waals surface area contributed by atoms with Crippen molar-refractivity contribution < 1.29 is 14.4 Å². The number of benzene rings is 4. The molecule has 0 aliphatic rings. The van der Waals surface area contributed by atoms with Crippen LogP contribution in [-0.2, 0) is 4.79 Å². The summed E-state index contributed by atoms with van der Waals surface area (Å²) in [5.41, 5.74) is 5.67. The van der Waals surface area contributed by atoms with Crippen molar-refractivity contribution in [1.82, 2.24) is 10.7 Å². The SMILES string of the molecule is CCC(C)C(NC(=O)c1ccccc1NC(=O)c1ccccc1)C(=O)NN(c1ccccc1)c1ccccc1. The topological polar surface area (TPSA) is 90.5 Å². The van der Waals surface area contributed by atoms with E-state index in [1.54, 1.807) is 53.5 Å². The quantitative estimate of drug-likeness (QED) is 0.225. The van der Waals surface area contributed by atoms with Gasteiger partial charge in [0.05, 0.1) is 22.6 Å². The van der Waals surface area contributed by atoms with Gasteiger partial charge in [0.2, 0.25) is 0 Å². The Hall–Kier alpha value is -4.91. The lowest BCUT2D eigenvalue weighted by Gasteiger charge is -2.30. The molecule has 0 spiro atoms. The highest BCUT2D eigenvalue weighted by atomic mass is 16.2. The van der Waals surface area contributed by atoms with Crippen molar-refractivity contribution in [3.05, 3.63) is 126 Å². The van der Waals surface area contributed by atoms with Crippen LogP contribution in [-0.4, -0.2) is 23.8 Å². The maximum absolute atomic E-state index is 13.7. The van der Waals surface area contributed by atoms with E-state index in [4.69, 9.17) is 0 Å². The van der Waals surface area contributed by atoms with Crippen LogP contribution in [0.1, 0.15) is 41.0 Å². The van der Waals surface area contributed by atoms with E-state index < -0.39 is 11.9 Å². The summed E-state index contributed by atoms with van der Waals surface area (Å²) < 4.78 is 0. The molecule has 0 radical (unpaired) electrons. The summed E-state index contributed by atoms with van der Waals surface area (Å²) in [7, 11) is 0. The van der Waals surface area contributed by atoms with Crippen molar-refractivity contribution in [3.63, 3.8) is 0 Å². The van der Waals surface area contributed by atoms with E-state index in [-0.39, 0.29) is 23.3 Å². The van der Waals surface area contributed by atoms with Crippen LogP contribution >= 0.6 is 0 Å². The Bertz CT molecular complexity index is 1360. The van der Waals surface area contributed by atoms with Crippen LogP contribution in [0.4, 0.5) is 17.1 Å². The summed E-state index contributed by atoms with van der Waals surface area (Å²) in [6.45, 7) is 3.89. The molecule has 0 fully saturated rings. The van der Waals surface area contributed by atoms with Gasteiger partial charge in [0, 0.05) is 5.56 Å². The monoisotopic (exact) mass is 520 g/mol. The molecule has 0 saturated carbocycles.